The zero-order valence-electron chi connectivity index (χ0n) is 13.9. The van der Waals surface area contributed by atoms with Crippen LogP contribution >= 0.6 is 0 Å². The van der Waals surface area contributed by atoms with Crippen molar-refractivity contribution in [1.82, 2.24) is 9.80 Å². The van der Waals surface area contributed by atoms with E-state index < -0.39 is 11.6 Å². The van der Waals surface area contributed by atoms with Crippen molar-refractivity contribution in [3.05, 3.63) is 24.2 Å². The summed E-state index contributed by atoms with van der Waals surface area (Å²) in [6.07, 6.45) is 1.18. The second-order valence-corrected chi connectivity index (χ2v) is 6.64. The third-order valence-electron chi connectivity index (χ3n) is 3.69. The average Bonchev–Trinajstić information content (AvgIpc) is 2.92. The zero-order valence-corrected chi connectivity index (χ0v) is 13.9. The van der Waals surface area contributed by atoms with Crippen molar-refractivity contribution in [2.45, 2.75) is 38.5 Å². The molecule has 0 bridgehead atoms. The van der Waals surface area contributed by atoms with Gasteiger partial charge in [-0.1, -0.05) is 5.16 Å². The van der Waals surface area contributed by atoms with Gasteiger partial charge in [-0.05, 0) is 32.9 Å². The fraction of sp³-hybridized carbons (Fsp3) is 0.600. The SMILES string of the molecule is CN(C(=O)OC(C)(C)C)C1CN([C@@H](C(N)=NO)c2ccco2)C1. The van der Waals surface area contributed by atoms with Gasteiger partial charge in [0, 0.05) is 20.1 Å². The molecule has 0 aliphatic carbocycles. The van der Waals surface area contributed by atoms with E-state index in [1.54, 1.807) is 24.1 Å². The van der Waals surface area contributed by atoms with Crippen molar-refractivity contribution in [3.63, 3.8) is 0 Å². The summed E-state index contributed by atoms with van der Waals surface area (Å²) in [5.74, 6) is 0.650. The van der Waals surface area contributed by atoms with Gasteiger partial charge < -0.3 is 25.0 Å². The van der Waals surface area contributed by atoms with E-state index in [0.717, 1.165) is 0 Å². The van der Waals surface area contributed by atoms with Crippen LogP contribution in [-0.4, -0.2) is 58.7 Å². The molecule has 0 unspecified atom stereocenters. The minimum absolute atomic E-state index is 0.00815. The monoisotopic (exact) mass is 324 g/mol. The molecule has 2 heterocycles. The summed E-state index contributed by atoms with van der Waals surface area (Å²) >= 11 is 0. The first-order valence-corrected chi connectivity index (χ1v) is 7.43. The van der Waals surface area contributed by atoms with Crippen LogP contribution in [0.3, 0.4) is 0 Å². The highest BCUT2D eigenvalue weighted by atomic mass is 16.6. The number of amidine groups is 1. The molecule has 8 heteroatoms. The summed E-state index contributed by atoms with van der Waals surface area (Å²) in [5.41, 5.74) is 5.25. The second kappa shape index (κ2) is 6.49. The van der Waals surface area contributed by atoms with Gasteiger partial charge in [0.1, 0.15) is 17.4 Å². The maximum absolute atomic E-state index is 12.1. The van der Waals surface area contributed by atoms with Gasteiger partial charge in [-0.2, -0.15) is 0 Å². The van der Waals surface area contributed by atoms with Gasteiger partial charge in [-0.25, -0.2) is 4.79 Å². The summed E-state index contributed by atoms with van der Waals surface area (Å²) in [7, 11) is 1.71. The Morgan fingerprint density at radius 2 is 2.22 bits per heavy atom. The number of nitrogens with zero attached hydrogens (tertiary/aromatic N) is 3. The highest BCUT2D eigenvalue weighted by molar-refractivity contribution is 5.86. The quantitative estimate of drug-likeness (QED) is 0.377. The summed E-state index contributed by atoms with van der Waals surface area (Å²) in [6, 6.07) is 3.08. The predicted molar refractivity (Wildman–Crippen MR) is 84.2 cm³/mol. The molecule has 8 nitrogen and oxygen atoms in total. The number of carbonyl (C=O) groups is 1. The molecule has 1 atom stereocenters. The summed E-state index contributed by atoms with van der Waals surface area (Å²) < 4.78 is 10.7. The molecular weight excluding hydrogens is 300 g/mol. The van der Waals surface area contributed by atoms with Gasteiger partial charge in [0.05, 0.1) is 12.3 Å². The summed E-state index contributed by atoms with van der Waals surface area (Å²) in [5, 5.41) is 12.1. The number of ether oxygens (including phenoxy) is 1. The number of hydrogen-bond donors (Lipinski definition) is 2. The Bertz CT molecular complexity index is 559. The lowest BCUT2D eigenvalue weighted by Gasteiger charge is -2.46. The largest absolute Gasteiger partial charge is 0.467 e. The Morgan fingerprint density at radius 1 is 1.57 bits per heavy atom. The molecule has 128 valence electrons. The summed E-state index contributed by atoms with van der Waals surface area (Å²) in [4.78, 5) is 15.6. The third kappa shape index (κ3) is 3.95. The zero-order chi connectivity index (χ0) is 17.2. The normalized spacial score (nSPS) is 18.3. The Balaban J connectivity index is 1.98. The third-order valence-corrected chi connectivity index (χ3v) is 3.69. The van der Waals surface area contributed by atoms with E-state index >= 15 is 0 Å². The lowest BCUT2D eigenvalue weighted by molar-refractivity contribution is -0.0106. The molecule has 1 aliphatic heterocycles. The number of oxime groups is 1. The predicted octanol–water partition coefficient (Wildman–Crippen LogP) is 1.62. The molecule has 1 amide bonds. The molecule has 0 aromatic carbocycles. The van der Waals surface area contributed by atoms with Crippen molar-refractivity contribution in [1.29, 1.82) is 0 Å². The Hall–Kier alpha value is -2.22. The van der Waals surface area contributed by atoms with Crippen molar-refractivity contribution in [2.24, 2.45) is 10.9 Å². The molecule has 2 rings (SSSR count). The van der Waals surface area contributed by atoms with E-state index in [2.05, 4.69) is 5.16 Å². The number of amides is 1. The first-order valence-electron chi connectivity index (χ1n) is 7.43. The Morgan fingerprint density at radius 3 is 2.70 bits per heavy atom. The van der Waals surface area contributed by atoms with E-state index in [4.69, 9.17) is 20.1 Å². The van der Waals surface area contributed by atoms with Gasteiger partial charge in [0.2, 0.25) is 0 Å². The number of likely N-dealkylation sites (N-methyl/N-ethyl adjacent to an activating group) is 1. The smallest absolute Gasteiger partial charge is 0.410 e. The van der Waals surface area contributed by atoms with Gasteiger partial charge in [-0.3, -0.25) is 4.90 Å². The molecule has 1 fully saturated rings. The van der Waals surface area contributed by atoms with E-state index in [1.165, 1.54) is 6.26 Å². The summed E-state index contributed by atoms with van der Waals surface area (Å²) in [6.45, 7) is 6.65. The molecular formula is C15H24N4O4. The molecule has 0 saturated carbocycles. The van der Waals surface area contributed by atoms with Crippen LogP contribution in [0, 0.1) is 0 Å². The van der Waals surface area contributed by atoms with E-state index in [9.17, 15) is 4.79 Å². The van der Waals surface area contributed by atoms with Crippen LogP contribution < -0.4 is 5.73 Å². The molecule has 0 radical (unpaired) electrons. The minimum Gasteiger partial charge on any atom is -0.467 e. The van der Waals surface area contributed by atoms with Crippen molar-refractivity contribution in [2.75, 3.05) is 20.1 Å². The molecule has 1 aromatic rings. The van der Waals surface area contributed by atoms with Crippen molar-refractivity contribution in [3.8, 4) is 0 Å². The number of rotatable bonds is 4. The maximum Gasteiger partial charge on any atom is 0.410 e. The number of nitrogens with two attached hydrogens (primary N) is 1. The van der Waals surface area contributed by atoms with E-state index in [0.29, 0.717) is 18.8 Å². The van der Waals surface area contributed by atoms with E-state index in [-0.39, 0.29) is 18.0 Å². The number of likely N-dealkylation sites (tertiary alicyclic amines) is 1. The maximum atomic E-state index is 12.1. The van der Waals surface area contributed by atoms with Crippen LogP contribution in [-0.2, 0) is 4.74 Å². The van der Waals surface area contributed by atoms with Crippen LogP contribution in [0.4, 0.5) is 4.79 Å². The standard InChI is InChI=1S/C15H24N4O4/c1-15(2,3)23-14(20)18(4)10-8-19(9-10)12(13(16)17-21)11-6-5-7-22-11/h5-7,10,12,21H,8-9H2,1-4H3,(H2,16,17)/t12-/m1/s1. The molecule has 3 N–H and O–H groups in total. The molecule has 0 spiro atoms. The lowest BCUT2D eigenvalue weighted by Crippen LogP contribution is -2.62. The average molecular weight is 324 g/mol. The highest BCUT2D eigenvalue weighted by Gasteiger charge is 2.40. The van der Waals surface area contributed by atoms with Gasteiger partial charge >= 0.3 is 6.09 Å². The van der Waals surface area contributed by atoms with Crippen molar-refractivity contribution >= 4 is 11.9 Å². The fourth-order valence-corrected chi connectivity index (χ4v) is 2.44. The number of hydrogen-bond acceptors (Lipinski definition) is 6. The van der Waals surface area contributed by atoms with Gasteiger partial charge in [-0.15, -0.1) is 0 Å². The van der Waals surface area contributed by atoms with Crippen LogP contribution in [0.25, 0.3) is 0 Å². The van der Waals surface area contributed by atoms with Gasteiger partial charge in [0.15, 0.2) is 5.84 Å². The Kier molecular flexibility index (Phi) is 4.84. The van der Waals surface area contributed by atoms with Crippen LogP contribution in [0.5, 0.6) is 0 Å². The van der Waals surface area contributed by atoms with Crippen LogP contribution in [0.1, 0.15) is 32.6 Å². The highest BCUT2D eigenvalue weighted by Crippen LogP contribution is 2.28. The number of furan rings is 1. The van der Waals surface area contributed by atoms with Crippen LogP contribution in [0.2, 0.25) is 0 Å². The minimum atomic E-state index is -0.528. The topological polar surface area (TPSA) is 105 Å². The first kappa shape index (κ1) is 17.1. The van der Waals surface area contributed by atoms with Gasteiger partial charge in [0.25, 0.3) is 0 Å². The lowest BCUT2D eigenvalue weighted by atomic mass is 10.0. The molecule has 1 saturated heterocycles. The second-order valence-electron chi connectivity index (χ2n) is 6.64. The number of carbonyl (C=O) groups excluding carboxylic acids is 1. The van der Waals surface area contributed by atoms with Crippen molar-refractivity contribution < 1.29 is 19.2 Å². The Labute approximate surface area is 135 Å². The van der Waals surface area contributed by atoms with Crippen LogP contribution in [0.15, 0.2) is 28.0 Å². The molecule has 1 aromatic heterocycles. The first-order chi connectivity index (χ1) is 10.7. The fourth-order valence-electron chi connectivity index (χ4n) is 2.44. The molecule has 23 heavy (non-hydrogen) atoms. The van der Waals surface area contributed by atoms with E-state index in [1.807, 2.05) is 25.7 Å². The molecule has 1 aliphatic rings.